The van der Waals surface area contributed by atoms with Gasteiger partial charge in [0.15, 0.2) is 0 Å². The first-order valence-electron chi connectivity index (χ1n) is 9.34. The molecule has 2 aromatic carbocycles. The summed E-state index contributed by atoms with van der Waals surface area (Å²) >= 11 is 6.15. The number of pyridine rings is 1. The number of aromatic nitrogens is 1. The molecule has 0 fully saturated rings. The summed E-state index contributed by atoms with van der Waals surface area (Å²) in [4.78, 5) is 16.7. The van der Waals surface area contributed by atoms with Crippen LogP contribution in [0.4, 0.5) is 5.69 Å². The maximum absolute atomic E-state index is 12.8. The summed E-state index contributed by atoms with van der Waals surface area (Å²) in [7, 11) is -3.88. The quantitative estimate of drug-likeness (QED) is 0.574. The van der Waals surface area contributed by atoms with E-state index in [1.807, 2.05) is 38.1 Å². The van der Waals surface area contributed by atoms with Crippen LogP contribution in [0.3, 0.4) is 0 Å². The Kier molecular flexibility index (Phi) is 6.74. The fourth-order valence-electron chi connectivity index (χ4n) is 2.81. The van der Waals surface area contributed by atoms with Gasteiger partial charge in [-0.25, -0.2) is 8.42 Å². The molecule has 0 bridgehead atoms. The average molecular weight is 444 g/mol. The predicted molar refractivity (Wildman–Crippen MR) is 118 cm³/mol. The summed E-state index contributed by atoms with van der Waals surface area (Å²) in [6, 6.07) is 14.9. The van der Waals surface area contributed by atoms with E-state index in [-0.39, 0.29) is 15.5 Å². The molecule has 0 atom stereocenters. The van der Waals surface area contributed by atoms with E-state index < -0.39 is 15.9 Å². The number of halogens is 1. The van der Waals surface area contributed by atoms with Gasteiger partial charge in [0, 0.05) is 30.5 Å². The number of hydrogen-bond acceptors (Lipinski definition) is 4. The Morgan fingerprint density at radius 1 is 1.03 bits per heavy atom. The number of aryl methyl sites for hydroxylation is 2. The zero-order valence-electron chi connectivity index (χ0n) is 16.6. The normalized spacial score (nSPS) is 11.2. The van der Waals surface area contributed by atoms with Crippen molar-refractivity contribution in [3.8, 4) is 0 Å². The molecule has 30 heavy (non-hydrogen) atoms. The van der Waals surface area contributed by atoms with E-state index in [4.69, 9.17) is 11.6 Å². The largest absolute Gasteiger partial charge is 0.352 e. The number of rotatable bonds is 7. The molecule has 0 saturated carbocycles. The molecule has 0 radical (unpaired) electrons. The lowest BCUT2D eigenvalue weighted by Crippen LogP contribution is -2.26. The van der Waals surface area contributed by atoms with Crippen LogP contribution in [0.2, 0.25) is 5.02 Å². The first kappa shape index (κ1) is 21.8. The highest BCUT2D eigenvalue weighted by molar-refractivity contribution is 7.92. The average Bonchev–Trinajstić information content (AvgIpc) is 2.71. The molecule has 6 nitrogen and oxygen atoms in total. The van der Waals surface area contributed by atoms with Crippen molar-refractivity contribution < 1.29 is 13.2 Å². The third-order valence-electron chi connectivity index (χ3n) is 4.64. The number of sulfonamides is 1. The van der Waals surface area contributed by atoms with E-state index in [0.29, 0.717) is 18.7 Å². The molecule has 8 heteroatoms. The van der Waals surface area contributed by atoms with Gasteiger partial charge in [-0.05, 0) is 67.4 Å². The first-order chi connectivity index (χ1) is 14.3. The maximum atomic E-state index is 12.8. The number of hydrogen-bond donors (Lipinski definition) is 2. The topological polar surface area (TPSA) is 88.2 Å². The van der Waals surface area contributed by atoms with Crippen molar-refractivity contribution in [3.63, 3.8) is 0 Å². The Morgan fingerprint density at radius 3 is 2.53 bits per heavy atom. The van der Waals surface area contributed by atoms with Crippen LogP contribution < -0.4 is 10.0 Å². The van der Waals surface area contributed by atoms with E-state index >= 15 is 0 Å². The number of benzene rings is 2. The molecule has 156 valence electrons. The fourth-order valence-corrected chi connectivity index (χ4v) is 4.09. The second-order valence-electron chi connectivity index (χ2n) is 6.87. The highest BCUT2D eigenvalue weighted by Gasteiger charge is 2.19. The monoisotopic (exact) mass is 443 g/mol. The fraction of sp³-hybridized carbons (Fsp3) is 0.182. The molecule has 0 spiro atoms. The highest BCUT2D eigenvalue weighted by atomic mass is 35.5. The molecule has 3 rings (SSSR count). The van der Waals surface area contributed by atoms with Crippen molar-refractivity contribution in [2.45, 2.75) is 25.2 Å². The van der Waals surface area contributed by atoms with Gasteiger partial charge < -0.3 is 5.32 Å². The predicted octanol–water partition coefficient (Wildman–Crippen LogP) is 4.13. The van der Waals surface area contributed by atoms with Gasteiger partial charge in [-0.3, -0.25) is 14.5 Å². The van der Waals surface area contributed by atoms with E-state index in [1.165, 1.54) is 18.2 Å². The van der Waals surface area contributed by atoms with Crippen LogP contribution in [0.1, 0.15) is 27.2 Å². The molecule has 0 aliphatic carbocycles. The number of anilines is 1. The summed E-state index contributed by atoms with van der Waals surface area (Å²) in [5.41, 5.74) is 3.43. The number of carbonyl (C=O) groups is 1. The zero-order valence-corrected chi connectivity index (χ0v) is 18.2. The van der Waals surface area contributed by atoms with Crippen LogP contribution in [0, 0.1) is 13.8 Å². The Hall–Kier alpha value is -2.90. The molecule has 1 heterocycles. The van der Waals surface area contributed by atoms with Gasteiger partial charge in [0.05, 0.1) is 15.5 Å². The third kappa shape index (κ3) is 5.37. The second-order valence-corrected chi connectivity index (χ2v) is 8.96. The molecule has 3 aromatic rings. The van der Waals surface area contributed by atoms with Gasteiger partial charge in [0.25, 0.3) is 15.9 Å². The van der Waals surface area contributed by atoms with Gasteiger partial charge >= 0.3 is 0 Å². The van der Waals surface area contributed by atoms with Gasteiger partial charge in [0.1, 0.15) is 0 Å². The summed E-state index contributed by atoms with van der Waals surface area (Å²) in [6.07, 6.45) is 2.24. The van der Waals surface area contributed by atoms with Gasteiger partial charge in [0.2, 0.25) is 0 Å². The van der Waals surface area contributed by atoms with Crippen molar-refractivity contribution in [1.29, 1.82) is 0 Å². The number of nitrogens with zero attached hydrogens (tertiary/aromatic N) is 1. The van der Waals surface area contributed by atoms with Crippen LogP contribution in [0.15, 0.2) is 65.7 Å². The minimum atomic E-state index is -3.88. The Bertz CT molecular complexity index is 1170. The minimum Gasteiger partial charge on any atom is -0.352 e. The summed E-state index contributed by atoms with van der Waals surface area (Å²) in [5, 5.41) is 2.93. The van der Waals surface area contributed by atoms with E-state index in [0.717, 1.165) is 16.8 Å². The molecule has 1 aromatic heterocycles. The second kappa shape index (κ2) is 9.28. The van der Waals surface area contributed by atoms with E-state index in [9.17, 15) is 13.2 Å². The molecule has 0 aliphatic heterocycles. The van der Waals surface area contributed by atoms with Crippen LogP contribution in [0.25, 0.3) is 0 Å². The number of amides is 1. The highest BCUT2D eigenvalue weighted by Crippen LogP contribution is 2.23. The van der Waals surface area contributed by atoms with Crippen LogP contribution in [-0.2, 0) is 16.4 Å². The van der Waals surface area contributed by atoms with Crippen LogP contribution in [-0.4, -0.2) is 25.9 Å². The van der Waals surface area contributed by atoms with Gasteiger partial charge in [-0.15, -0.1) is 0 Å². The molecule has 0 aliphatic rings. The first-order valence-corrected chi connectivity index (χ1v) is 11.2. The third-order valence-corrected chi connectivity index (χ3v) is 6.35. The minimum absolute atomic E-state index is 0.0417. The summed E-state index contributed by atoms with van der Waals surface area (Å²) in [5.74, 6) is -0.445. The van der Waals surface area contributed by atoms with Crippen LogP contribution in [0.5, 0.6) is 0 Å². The van der Waals surface area contributed by atoms with Crippen molar-refractivity contribution >= 4 is 33.2 Å². The Labute approximate surface area is 181 Å². The SMILES string of the molecule is Cc1ccc(NS(=O)(=O)c2ccc(Cl)c(C(=O)NCCc3ccccn3)c2)cc1C. The lowest BCUT2D eigenvalue weighted by molar-refractivity contribution is 0.0954. The Balaban J connectivity index is 1.74. The molecular formula is C22H22ClN3O3S. The van der Waals surface area contributed by atoms with E-state index in [2.05, 4.69) is 15.0 Å². The molecule has 1 amide bonds. The van der Waals surface area contributed by atoms with E-state index in [1.54, 1.807) is 18.3 Å². The zero-order chi connectivity index (χ0) is 21.7. The Morgan fingerprint density at radius 2 is 1.83 bits per heavy atom. The number of nitrogens with one attached hydrogen (secondary N) is 2. The molecule has 0 saturated heterocycles. The smallest absolute Gasteiger partial charge is 0.261 e. The van der Waals surface area contributed by atoms with Gasteiger partial charge in [-0.2, -0.15) is 0 Å². The van der Waals surface area contributed by atoms with Crippen molar-refractivity contribution in [1.82, 2.24) is 10.3 Å². The summed E-state index contributed by atoms with van der Waals surface area (Å²) < 4.78 is 28.1. The van der Waals surface area contributed by atoms with Crippen LogP contribution >= 0.6 is 11.6 Å². The van der Waals surface area contributed by atoms with Crippen molar-refractivity contribution in [3.05, 3.63) is 88.2 Å². The standard InChI is InChI=1S/C22H22ClN3O3S/c1-15-6-7-18(13-16(15)2)26-30(28,29)19-8-9-21(23)20(14-19)22(27)25-12-10-17-5-3-4-11-24-17/h3-9,11,13-14,26H,10,12H2,1-2H3,(H,25,27). The lowest BCUT2D eigenvalue weighted by Gasteiger charge is -2.12. The van der Waals surface area contributed by atoms with Crippen molar-refractivity contribution in [2.24, 2.45) is 0 Å². The summed E-state index contributed by atoms with van der Waals surface area (Å²) in [6.45, 7) is 4.21. The van der Waals surface area contributed by atoms with Gasteiger partial charge in [-0.1, -0.05) is 23.7 Å². The number of carbonyl (C=O) groups excluding carboxylic acids is 1. The maximum Gasteiger partial charge on any atom is 0.261 e. The lowest BCUT2D eigenvalue weighted by atomic mass is 10.1. The molecule has 0 unspecified atom stereocenters. The molecular weight excluding hydrogens is 422 g/mol. The van der Waals surface area contributed by atoms with Crippen molar-refractivity contribution in [2.75, 3.05) is 11.3 Å². The molecule has 2 N–H and O–H groups in total.